The van der Waals surface area contributed by atoms with Crippen molar-refractivity contribution in [2.45, 2.75) is 13.3 Å². The van der Waals surface area contributed by atoms with E-state index in [2.05, 4.69) is 16.7 Å². The van der Waals surface area contributed by atoms with E-state index in [1.165, 1.54) is 6.34 Å². The summed E-state index contributed by atoms with van der Waals surface area (Å²) in [5, 5.41) is 0. The van der Waals surface area contributed by atoms with E-state index < -0.39 is 0 Å². The van der Waals surface area contributed by atoms with Gasteiger partial charge in [-0.05, 0) is 13.1 Å². The molecule has 0 aromatic rings. The lowest BCUT2D eigenvalue weighted by Crippen LogP contribution is -1.57. The van der Waals surface area contributed by atoms with Gasteiger partial charge in [0.1, 0.15) is 6.34 Å². The van der Waals surface area contributed by atoms with Crippen LogP contribution < -0.4 is 0 Å². The summed E-state index contributed by atoms with van der Waals surface area (Å²) in [5.41, 5.74) is 0. The third-order valence-corrected chi connectivity index (χ3v) is 0.575. The summed E-state index contributed by atoms with van der Waals surface area (Å²) in [6.07, 6.45) is 6.07. The number of allylic oxidation sites excluding steroid dienone is 1. The van der Waals surface area contributed by atoms with E-state index in [4.69, 9.17) is 0 Å². The number of aliphatic imine (C=N–C) groups is 2. The van der Waals surface area contributed by atoms with Gasteiger partial charge in [-0.15, -0.1) is 0 Å². The maximum atomic E-state index is 3.74. The summed E-state index contributed by atoms with van der Waals surface area (Å²) in [4.78, 5) is 7.16. The molecule has 0 fully saturated rings. The molecule has 0 aliphatic heterocycles. The minimum atomic E-state index is 1.01. The molecule has 0 aromatic heterocycles. The standard InChI is InChI=1S/C6H10N2/c1-3-4-5-8-6-7-2/h4-6H,2-3H2,1H3. The fraction of sp³-hybridized carbons (Fsp3) is 0.333. The highest BCUT2D eigenvalue weighted by Gasteiger charge is 1.59. The van der Waals surface area contributed by atoms with Crippen molar-refractivity contribution in [2.24, 2.45) is 9.98 Å². The van der Waals surface area contributed by atoms with E-state index in [9.17, 15) is 0 Å². The molecule has 8 heavy (non-hydrogen) atoms. The van der Waals surface area contributed by atoms with Crippen molar-refractivity contribution in [3.63, 3.8) is 0 Å². The van der Waals surface area contributed by atoms with Crippen LogP contribution in [0.5, 0.6) is 0 Å². The summed E-state index contributed by atoms with van der Waals surface area (Å²) < 4.78 is 0. The lowest BCUT2D eigenvalue weighted by Gasteiger charge is -1.71. The van der Waals surface area contributed by atoms with Crippen LogP contribution >= 0.6 is 0 Å². The number of hydrogen-bond acceptors (Lipinski definition) is 1. The van der Waals surface area contributed by atoms with Crippen molar-refractivity contribution in [2.75, 3.05) is 0 Å². The number of rotatable bonds is 3. The minimum absolute atomic E-state index is 1.01. The van der Waals surface area contributed by atoms with E-state index in [0.717, 1.165) is 6.42 Å². The molecule has 0 saturated carbocycles. The largest absolute Gasteiger partial charge is 0.253 e. The van der Waals surface area contributed by atoms with Crippen LogP contribution in [0.3, 0.4) is 0 Å². The van der Waals surface area contributed by atoms with Gasteiger partial charge in [0.25, 0.3) is 0 Å². The molecule has 2 nitrogen and oxygen atoms in total. The monoisotopic (exact) mass is 110 g/mol. The van der Waals surface area contributed by atoms with Gasteiger partial charge in [-0.2, -0.15) is 0 Å². The molecule has 0 aliphatic rings. The zero-order chi connectivity index (χ0) is 6.24. The number of hydrogen-bond donors (Lipinski definition) is 0. The van der Waals surface area contributed by atoms with Gasteiger partial charge in [-0.25, -0.2) is 4.99 Å². The van der Waals surface area contributed by atoms with Crippen LogP contribution in [-0.2, 0) is 0 Å². The molecule has 0 aromatic carbocycles. The van der Waals surface area contributed by atoms with Crippen LogP contribution in [0, 0.1) is 0 Å². The highest BCUT2D eigenvalue weighted by atomic mass is 14.8. The second kappa shape index (κ2) is 6.08. The Morgan fingerprint density at radius 2 is 2.38 bits per heavy atom. The van der Waals surface area contributed by atoms with Gasteiger partial charge in [-0.1, -0.05) is 13.0 Å². The van der Waals surface area contributed by atoms with Crippen molar-refractivity contribution in [1.82, 2.24) is 0 Å². The third kappa shape index (κ3) is 5.08. The topological polar surface area (TPSA) is 24.7 Å². The van der Waals surface area contributed by atoms with E-state index in [0.29, 0.717) is 0 Å². The van der Waals surface area contributed by atoms with Gasteiger partial charge in [0.15, 0.2) is 0 Å². The molecule has 0 bridgehead atoms. The third-order valence-electron chi connectivity index (χ3n) is 0.575. The summed E-state index contributed by atoms with van der Waals surface area (Å²) in [6.45, 7) is 5.27. The Morgan fingerprint density at radius 3 is 2.88 bits per heavy atom. The molecule has 0 rings (SSSR count). The molecule has 0 aliphatic carbocycles. The average molecular weight is 110 g/mol. The van der Waals surface area contributed by atoms with Gasteiger partial charge in [-0.3, -0.25) is 4.99 Å². The van der Waals surface area contributed by atoms with Gasteiger partial charge in [0.2, 0.25) is 0 Å². The summed E-state index contributed by atoms with van der Waals surface area (Å²) >= 11 is 0. The molecule has 0 unspecified atom stereocenters. The Kier molecular flexibility index (Phi) is 5.38. The predicted octanol–water partition coefficient (Wildman–Crippen LogP) is 1.64. The van der Waals surface area contributed by atoms with Crippen molar-refractivity contribution >= 4 is 13.1 Å². The van der Waals surface area contributed by atoms with E-state index >= 15 is 0 Å². The summed E-state index contributed by atoms with van der Waals surface area (Å²) in [6, 6.07) is 0. The minimum Gasteiger partial charge on any atom is -0.253 e. The fourth-order valence-electron chi connectivity index (χ4n) is 0.252. The fourth-order valence-corrected chi connectivity index (χ4v) is 0.252. The Labute approximate surface area is 49.7 Å². The normalized spacial score (nSPS) is 11.1. The maximum absolute atomic E-state index is 3.74. The van der Waals surface area contributed by atoms with E-state index in [1.54, 1.807) is 6.20 Å². The quantitative estimate of drug-likeness (QED) is 0.389. The lowest BCUT2D eigenvalue weighted by atomic mass is 10.5. The van der Waals surface area contributed by atoms with Crippen LogP contribution in [0.4, 0.5) is 0 Å². The van der Waals surface area contributed by atoms with E-state index in [1.807, 2.05) is 13.0 Å². The molecular weight excluding hydrogens is 100 g/mol. The highest BCUT2D eigenvalue weighted by molar-refractivity contribution is 5.62. The molecule has 0 spiro atoms. The summed E-state index contributed by atoms with van der Waals surface area (Å²) in [7, 11) is 0. The molecule has 0 saturated heterocycles. The predicted molar refractivity (Wildman–Crippen MR) is 37.5 cm³/mol. The van der Waals surface area contributed by atoms with Crippen molar-refractivity contribution < 1.29 is 0 Å². The second-order valence-electron chi connectivity index (χ2n) is 1.24. The van der Waals surface area contributed by atoms with Crippen LogP contribution in [0.25, 0.3) is 0 Å². The molecular formula is C6H10N2. The zero-order valence-corrected chi connectivity index (χ0v) is 5.04. The van der Waals surface area contributed by atoms with Crippen molar-refractivity contribution in [3.8, 4) is 0 Å². The Hall–Kier alpha value is -0.920. The zero-order valence-electron chi connectivity index (χ0n) is 5.04. The molecule has 0 amide bonds. The second-order valence-corrected chi connectivity index (χ2v) is 1.24. The lowest BCUT2D eigenvalue weighted by molar-refractivity contribution is 1.21. The molecule has 0 N–H and O–H groups in total. The Morgan fingerprint density at radius 1 is 1.62 bits per heavy atom. The molecule has 2 heteroatoms. The first-order valence-corrected chi connectivity index (χ1v) is 2.54. The van der Waals surface area contributed by atoms with Crippen LogP contribution in [0.2, 0.25) is 0 Å². The number of nitrogens with zero attached hydrogens (tertiary/aromatic N) is 2. The van der Waals surface area contributed by atoms with Crippen LogP contribution in [0.15, 0.2) is 22.3 Å². The van der Waals surface area contributed by atoms with Gasteiger partial charge < -0.3 is 0 Å². The average Bonchev–Trinajstić information content (AvgIpc) is 1.81. The first-order chi connectivity index (χ1) is 3.91. The van der Waals surface area contributed by atoms with Gasteiger partial charge in [0.05, 0.1) is 0 Å². The molecule has 0 atom stereocenters. The SMILES string of the molecule is C=NC=NC=CCC. The Balaban J connectivity index is 3.26. The summed E-state index contributed by atoms with van der Waals surface area (Å²) in [5.74, 6) is 0. The Bertz CT molecular complexity index is 103. The van der Waals surface area contributed by atoms with Crippen molar-refractivity contribution in [1.29, 1.82) is 0 Å². The maximum Gasteiger partial charge on any atom is 0.114 e. The molecule has 0 radical (unpaired) electrons. The van der Waals surface area contributed by atoms with E-state index in [-0.39, 0.29) is 0 Å². The van der Waals surface area contributed by atoms with Crippen molar-refractivity contribution in [3.05, 3.63) is 12.3 Å². The first-order valence-electron chi connectivity index (χ1n) is 2.54. The molecule has 0 heterocycles. The molecule has 44 valence electrons. The van der Waals surface area contributed by atoms with Crippen LogP contribution in [0.1, 0.15) is 13.3 Å². The smallest absolute Gasteiger partial charge is 0.114 e. The highest BCUT2D eigenvalue weighted by Crippen LogP contribution is 1.78. The van der Waals surface area contributed by atoms with Crippen LogP contribution in [-0.4, -0.2) is 13.1 Å². The first kappa shape index (κ1) is 7.08. The van der Waals surface area contributed by atoms with Gasteiger partial charge >= 0.3 is 0 Å². The van der Waals surface area contributed by atoms with Gasteiger partial charge in [0, 0.05) is 6.20 Å².